The lowest BCUT2D eigenvalue weighted by Crippen LogP contribution is -2.22. The Morgan fingerprint density at radius 1 is 1.00 bits per heavy atom. The van der Waals surface area contributed by atoms with Crippen molar-refractivity contribution in [2.45, 2.75) is 37.0 Å². The number of rotatable bonds is 8. The zero-order valence-corrected chi connectivity index (χ0v) is 20.7. The van der Waals surface area contributed by atoms with E-state index in [0.29, 0.717) is 17.6 Å². The van der Waals surface area contributed by atoms with Gasteiger partial charge in [0.1, 0.15) is 17.7 Å². The van der Waals surface area contributed by atoms with E-state index in [0.717, 1.165) is 23.4 Å². The SMILES string of the molecule is CN(C)S(=O)(=O)c1ccc(-c2cnc(Nc3cnc(C#N)cn3)cc2NCC2CCCCC2)cc1. The first kappa shape index (κ1) is 24.6. The highest BCUT2D eigenvalue weighted by Gasteiger charge is 2.18. The fourth-order valence-electron chi connectivity index (χ4n) is 4.14. The normalized spacial score (nSPS) is 14.5. The van der Waals surface area contributed by atoms with Crippen molar-refractivity contribution in [3.63, 3.8) is 0 Å². The van der Waals surface area contributed by atoms with Gasteiger partial charge in [-0.3, -0.25) is 0 Å². The van der Waals surface area contributed by atoms with Crippen LogP contribution in [0.4, 0.5) is 17.3 Å². The standard InChI is InChI=1S/C25H29N7O2S/c1-32(2)35(33,34)21-10-8-19(9-11-21)22-16-30-24(31-25-17-27-20(13-26)15-29-25)12-23(22)28-14-18-6-4-3-5-7-18/h8-12,15-18H,3-7,14H2,1-2H3,(H2,28,29,30,31). The van der Waals surface area contributed by atoms with Crippen molar-refractivity contribution < 1.29 is 8.42 Å². The van der Waals surface area contributed by atoms with Crippen LogP contribution in [0.3, 0.4) is 0 Å². The van der Waals surface area contributed by atoms with Crippen LogP contribution in [0.2, 0.25) is 0 Å². The van der Waals surface area contributed by atoms with Crippen LogP contribution in [0.1, 0.15) is 37.8 Å². The first-order chi connectivity index (χ1) is 16.9. The molecule has 0 unspecified atom stereocenters. The molecule has 1 aliphatic carbocycles. The van der Waals surface area contributed by atoms with Crippen molar-refractivity contribution in [3.05, 3.63) is 54.6 Å². The third-order valence-corrected chi connectivity index (χ3v) is 8.01. The summed E-state index contributed by atoms with van der Waals surface area (Å²) in [6.07, 6.45) is 10.9. The van der Waals surface area contributed by atoms with Gasteiger partial charge in [-0.15, -0.1) is 0 Å². The van der Waals surface area contributed by atoms with E-state index in [1.807, 2.05) is 12.1 Å². The lowest BCUT2D eigenvalue weighted by Gasteiger charge is -2.23. The second-order valence-electron chi connectivity index (χ2n) is 8.84. The molecule has 1 fully saturated rings. The molecule has 0 bridgehead atoms. The van der Waals surface area contributed by atoms with E-state index >= 15 is 0 Å². The van der Waals surface area contributed by atoms with Crippen molar-refractivity contribution in [3.8, 4) is 17.2 Å². The maximum Gasteiger partial charge on any atom is 0.242 e. The fraction of sp³-hybridized carbons (Fsp3) is 0.360. The molecule has 4 rings (SSSR count). The van der Waals surface area contributed by atoms with Gasteiger partial charge in [0.25, 0.3) is 0 Å². The quantitative estimate of drug-likeness (QED) is 0.475. The average Bonchev–Trinajstić information content (AvgIpc) is 2.88. The maximum absolute atomic E-state index is 12.4. The highest BCUT2D eigenvalue weighted by molar-refractivity contribution is 7.89. The smallest absolute Gasteiger partial charge is 0.242 e. The number of hydrogen-bond donors (Lipinski definition) is 2. The number of nitrogens with one attached hydrogen (secondary N) is 2. The van der Waals surface area contributed by atoms with Gasteiger partial charge in [-0.2, -0.15) is 5.26 Å². The number of nitrogens with zero attached hydrogens (tertiary/aromatic N) is 5. The van der Waals surface area contributed by atoms with E-state index in [4.69, 9.17) is 5.26 Å². The summed E-state index contributed by atoms with van der Waals surface area (Å²) in [4.78, 5) is 13.0. The summed E-state index contributed by atoms with van der Waals surface area (Å²) >= 11 is 0. The van der Waals surface area contributed by atoms with Gasteiger partial charge in [-0.05, 0) is 36.5 Å². The minimum atomic E-state index is -3.50. The Morgan fingerprint density at radius 3 is 2.34 bits per heavy atom. The second-order valence-corrected chi connectivity index (χ2v) is 11.0. The van der Waals surface area contributed by atoms with Gasteiger partial charge in [0.2, 0.25) is 10.0 Å². The Balaban J connectivity index is 1.62. The van der Waals surface area contributed by atoms with Crippen molar-refractivity contribution in [1.29, 1.82) is 5.26 Å². The Bertz CT molecular complexity index is 1300. The number of anilines is 3. The Kier molecular flexibility index (Phi) is 7.58. The molecule has 0 radical (unpaired) electrons. The third-order valence-electron chi connectivity index (χ3n) is 6.18. The highest BCUT2D eigenvalue weighted by atomic mass is 32.2. The van der Waals surface area contributed by atoms with Gasteiger partial charge in [0, 0.05) is 44.2 Å². The summed E-state index contributed by atoms with van der Waals surface area (Å²) in [6, 6.07) is 10.7. The number of nitriles is 1. The fourth-order valence-corrected chi connectivity index (χ4v) is 5.05. The summed E-state index contributed by atoms with van der Waals surface area (Å²) in [5, 5.41) is 15.7. The lowest BCUT2D eigenvalue weighted by molar-refractivity contribution is 0.373. The van der Waals surface area contributed by atoms with Crippen molar-refractivity contribution >= 4 is 27.3 Å². The Morgan fingerprint density at radius 2 is 1.71 bits per heavy atom. The molecule has 35 heavy (non-hydrogen) atoms. The molecule has 0 spiro atoms. The number of hydrogen-bond acceptors (Lipinski definition) is 8. The number of aromatic nitrogens is 3. The van der Waals surface area contributed by atoms with Crippen LogP contribution in [-0.4, -0.2) is 48.3 Å². The van der Waals surface area contributed by atoms with Crippen molar-refractivity contribution in [2.75, 3.05) is 31.3 Å². The van der Waals surface area contributed by atoms with Gasteiger partial charge >= 0.3 is 0 Å². The van der Waals surface area contributed by atoms with E-state index in [1.54, 1.807) is 30.5 Å². The van der Waals surface area contributed by atoms with E-state index in [1.165, 1.54) is 62.9 Å². The molecule has 0 atom stereocenters. The third kappa shape index (κ3) is 5.93. The minimum absolute atomic E-state index is 0.244. The highest BCUT2D eigenvalue weighted by Crippen LogP contribution is 2.32. The lowest BCUT2D eigenvalue weighted by atomic mass is 9.89. The van der Waals surface area contributed by atoms with Crippen molar-refractivity contribution in [2.24, 2.45) is 5.92 Å². The van der Waals surface area contributed by atoms with Gasteiger partial charge in [0.05, 0.1) is 17.3 Å². The Hall–Kier alpha value is -3.55. The zero-order valence-electron chi connectivity index (χ0n) is 19.9. The molecule has 0 aliphatic heterocycles. The second kappa shape index (κ2) is 10.8. The molecule has 9 nitrogen and oxygen atoms in total. The van der Waals surface area contributed by atoms with Crippen LogP contribution in [-0.2, 0) is 10.0 Å². The molecule has 2 aromatic heterocycles. The van der Waals surface area contributed by atoms with Crippen LogP contribution in [0.5, 0.6) is 0 Å². The summed E-state index contributed by atoms with van der Waals surface area (Å²) < 4.78 is 26.1. The van der Waals surface area contributed by atoms with Crippen LogP contribution >= 0.6 is 0 Å². The molecular formula is C25H29N7O2S. The van der Waals surface area contributed by atoms with Gasteiger partial charge in [-0.25, -0.2) is 27.7 Å². The summed E-state index contributed by atoms with van der Waals surface area (Å²) in [5.41, 5.74) is 2.89. The van der Waals surface area contributed by atoms with E-state index in [2.05, 4.69) is 25.6 Å². The molecule has 3 aromatic rings. The molecule has 1 aromatic carbocycles. The molecule has 2 heterocycles. The maximum atomic E-state index is 12.4. The molecule has 1 aliphatic rings. The molecule has 10 heteroatoms. The molecule has 0 amide bonds. The van der Waals surface area contributed by atoms with Gasteiger partial charge in [0.15, 0.2) is 5.69 Å². The van der Waals surface area contributed by atoms with Crippen LogP contribution in [0.15, 0.2) is 53.8 Å². The van der Waals surface area contributed by atoms with E-state index < -0.39 is 10.0 Å². The van der Waals surface area contributed by atoms with E-state index in [9.17, 15) is 8.42 Å². The monoisotopic (exact) mass is 491 g/mol. The Labute approximate surface area is 206 Å². The number of pyridine rings is 1. The largest absolute Gasteiger partial charge is 0.384 e. The summed E-state index contributed by atoms with van der Waals surface area (Å²) in [5.74, 6) is 1.70. The first-order valence-corrected chi connectivity index (χ1v) is 13.1. The van der Waals surface area contributed by atoms with Crippen LogP contribution in [0.25, 0.3) is 11.1 Å². The number of benzene rings is 1. The average molecular weight is 492 g/mol. The zero-order chi connectivity index (χ0) is 24.8. The van der Waals surface area contributed by atoms with Gasteiger partial charge in [-0.1, -0.05) is 31.4 Å². The van der Waals surface area contributed by atoms with Crippen LogP contribution in [0, 0.1) is 17.2 Å². The topological polar surface area (TPSA) is 124 Å². The molecular weight excluding hydrogens is 462 g/mol. The molecule has 1 saturated carbocycles. The minimum Gasteiger partial charge on any atom is -0.384 e. The van der Waals surface area contributed by atoms with E-state index in [-0.39, 0.29) is 10.6 Å². The summed E-state index contributed by atoms with van der Waals surface area (Å²) in [6.45, 7) is 0.861. The predicted octanol–water partition coefficient (Wildman–Crippen LogP) is 4.40. The molecule has 182 valence electrons. The van der Waals surface area contributed by atoms with Crippen LogP contribution < -0.4 is 10.6 Å². The summed E-state index contributed by atoms with van der Waals surface area (Å²) in [7, 11) is -0.461. The van der Waals surface area contributed by atoms with Crippen molar-refractivity contribution in [1.82, 2.24) is 19.3 Å². The molecule has 0 saturated heterocycles. The number of sulfonamides is 1. The van der Waals surface area contributed by atoms with Gasteiger partial charge < -0.3 is 10.6 Å². The molecule has 2 N–H and O–H groups in total. The predicted molar refractivity (Wildman–Crippen MR) is 136 cm³/mol. The first-order valence-electron chi connectivity index (χ1n) is 11.6.